The molecule has 100 valence electrons. The van der Waals surface area contributed by atoms with Gasteiger partial charge in [-0.25, -0.2) is 4.39 Å². The molecule has 1 aromatic carbocycles. The number of alkyl halides is 1. The number of halogens is 1. The van der Waals surface area contributed by atoms with Crippen LogP contribution in [0.25, 0.3) is 0 Å². The van der Waals surface area contributed by atoms with Crippen LogP contribution in [0.2, 0.25) is 0 Å². The Hall–Kier alpha value is -1.09. The monoisotopic (exact) mass is 250 g/mol. The van der Waals surface area contributed by atoms with Crippen LogP contribution in [-0.4, -0.2) is 43.8 Å². The number of anilines is 1. The molecule has 1 aromatic rings. The third-order valence-corrected chi connectivity index (χ3v) is 3.85. The van der Waals surface area contributed by atoms with E-state index in [1.807, 2.05) is 0 Å². The first kappa shape index (κ1) is 13.3. The number of hydrogen-bond acceptors (Lipinski definition) is 2. The molecular formula is C15H23FN2. The van der Waals surface area contributed by atoms with E-state index < -0.39 is 0 Å². The lowest BCUT2D eigenvalue weighted by atomic mass is 10.1. The minimum Gasteiger partial charge on any atom is -0.369 e. The average Bonchev–Trinajstić information content (AvgIpc) is 2.41. The van der Waals surface area contributed by atoms with Gasteiger partial charge in [-0.2, -0.15) is 0 Å². The SMILES string of the molecule is CCc1ccc(N2CCN(CCF)C(C)C2)cc1. The molecule has 1 saturated heterocycles. The number of rotatable bonds is 4. The summed E-state index contributed by atoms with van der Waals surface area (Å²) in [5, 5.41) is 0. The van der Waals surface area contributed by atoms with E-state index in [0.29, 0.717) is 12.6 Å². The Kier molecular flexibility index (Phi) is 4.59. The average molecular weight is 250 g/mol. The van der Waals surface area contributed by atoms with E-state index in [9.17, 15) is 4.39 Å². The summed E-state index contributed by atoms with van der Waals surface area (Å²) in [7, 11) is 0. The topological polar surface area (TPSA) is 6.48 Å². The molecule has 1 atom stereocenters. The highest BCUT2D eigenvalue weighted by atomic mass is 19.1. The standard InChI is InChI=1S/C15H23FN2/c1-3-14-4-6-15(7-5-14)18-11-10-17(9-8-16)13(2)12-18/h4-7,13H,3,8-12H2,1-2H3. The van der Waals surface area contributed by atoms with Gasteiger partial charge >= 0.3 is 0 Å². The molecule has 3 heteroatoms. The van der Waals surface area contributed by atoms with Gasteiger partial charge in [0, 0.05) is 37.9 Å². The third kappa shape index (κ3) is 3.02. The van der Waals surface area contributed by atoms with Gasteiger partial charge < -0.3 is 4.90 Å². The second kappa shape index (κ2) is 6.19. The molecule has 1 aliphatic heterocycles. The van der Waals surface area contributed by atoms with Crippen LogP contribution in [0, 0.1) is 0 Å². The zero-order valence-electron chi connectivity index (χ0n) is 11.4. The van der Waals surface area contributed by atoms with E-state index in [1.165, 1.54) is 11.3 Å². The normalized spacial score (nSPS) is 21.3. The van der Waals surface area contributed by atoms with Gasteiger partial charge in [-0.15, -0.1) is 0 Å². The fraction of sp³-hybridized carbons (Fsp3) is 0.600. The highest BCUT2D eigenvalue weighted by Gasteiger charge is 2.23. The number of nitrogens with zero attached hydrogens (tertiary/aromatic N) is 2. The van der Waals surface area contributed by atoms with Gasteiger partial charge in [0.05, 0.1) is 0 Å². The van der Waals surface area contributed by atoms with Crippen molar-refractivity contribution in [3.63, 3.8) is 0 Å². The van der Waals surface area contributed by atoms with Gasteiger partial charge in [0.25, 0.3) is 0 Å². The van der Waals surface area contributed by atoms with Crippen LogP contribution < -0.4 is 4.90 Å². The van der Waals surface area contributed by atoms with Crippen molar-refractivity contribution in [2.45, 2.75) is 26.3 Å². The molecule has 1 unspecified atom stereocenters. The Balaban J connectivity index is 1.98. The van der Waals surface area contributed by atoms with Crippen LogP contribution in [0.3, 0.4) is 0 Å². The van der Waals surface area contributed by atoms with Gasteiger partial charge in [-0.1, -0.05) is 19.1 Å². The van der Waals surface area contributed by atoms with E-state index in [1.54, 1.807) is 0 Å². The van der Waals surface area contributed by atoms with Crippen LogP contribution in [-0.2, 0) is 6.42 Å². The molecule has 0 spiro atoms. The van der Waals surface area contributed by atoms with Crippen molar-refractivity contribution in [2.75, 3.05) is 37.8 Å². The van der Waals surface area contributed by atoms with E-state index in [-0.39, 0.29) is 6.67 Å². The lowest BCUT2D eigenvalue weighted by Crippen LogP contribution is -2.52. The van der Waals surface area contributed by atoms with Crippen LogP contribution in [0.4, 0.5) is 10.1 Å². The summed E-state index contributed by atoms with van der Waals surface area (Å²) in [5.41, 5.74) is 2.67. The summed E-state index contributed by atoms with van der Waals surface area (Å²) in [6, 6.07) is 9.24. The van der Waals surface area contributed by atoms with Gasteiger partial charge in [0.15, 0.2) is 0 Å². The zero-order chi connectivity index (χ0) is 13.0. The van der Waals surface area contributed by atoms with Crippen LogP contribution in [0.1, 0.15) is 19.4 Å². The van der Waals surface area contributed by atoms with E-state index in [4.69, 9.17) is 0 Å². The third-order valence-electron chi connectivity index (χ3n) is 3.85. The molecule has 1 fully saturated rings. The molecule has 0 saturated carbocycles. The highest BCUT2D eigenvalue weighted by Crippen LogP contribution is 2.19. The summed E-state index contributed by atoms with van der Waals surface area (Å²) in [6.07, 6.45) is 1.08. The second-order valence-electron chi connectivity index (χ2n) is 5.04. The summed E-state index contributed by atoms with van der Waals surface area (Å²) >= 11 is 0. The van der Waals surface area contributed by atoms with Gasteiger partial charge in [0.1, 0.15) is 6.67 Å². The maximum absolute atomic E-state index is 12.4. The minimum atomic E-state index is -0.241. The Morgan fingerprint density at radius 1 is 1.22 bits per heavy atom. The van der Waals surface area contributed by atoms with Crippen LogP contribution in [0.15, 0.2) is 24.3 Å². The van der Waals surface area contributed by atoms with E-state index in [0.717, 1.165) is 26.1 Å². The second-order valence-corrected chi connectivity index (χ2v) is 5.04. The molecule has 1 aliphatic rings. The maximum atomic E-state index is 12.4. The van der Waals surface area contributed by atoms with Crippen molar-refractivity contribution < 1.29 is 4.39 Å². The smallest absolute Gasteiger partial charge is 0.102 e. The first-order chi connectivity index (χ1) is 8.74. The van der Waals surface area contributed by atoms with Crippen molar-refractivity contribution in [3.8, 4) is 0 Å². The summed E-state index contributed by atoms with van der Waals surface area (Å²) in [6.45, 7) is 7.64. The Labute approximate surface area is 109 Å². The van der Waals surface area contributed by atoms with Gasteiger partial charge in [0.2, 0.25) is 0 Å². The Morgan fingerprint density at radius 3 is 2.50 bits per heavy atom. The summed E-state index contributed by atoms with van der Waals surface area (Å²) in [5.74, 6) is 0. The maximum Gasteiger partial charge on any atom is 0.102 e. The Bertz CT molecular complexity index is 363. The summed E-state index contributed by atoms with van der Waals surface area (Å²) in [4.78, 5) is 4.63. The van der Waals surface area contributed by atoms with Gasteiger partial charge in [-0.05, 0) is 31.0 Å². The van der Waals surface area contributed by atoms with Crippen molar-refractivity contribution in [1.29, 1.82) is 0 Å². The predicted molar refractivity (Wildman–Crippen MR) is 75.0 cm³/mol. The number of piperazine rings is 1. The highest BCUT2D eigenvalue weighted by molar-refractivity contribution is 5.48. The van der Waals surface area contributed by atoms with Crippen LogP contribution in [0.5, 0.6) is 0 Å². The lowest BCUT2D eigenvalue weighted by molar-refractivity contribution is 0.175. The number of aryl methyl sites for hydroxylation is 1. The molecule has 0 amide bonds. The zero-order valence-corrected chi connectivity index (χ0v) is 11.4. The fourth-order valence-electron chi connectivity index (χ4n) is 2.61. The predicted octanol–water partition coefficient (Wildman–Crippen LogP) is 2.73. The van der Waals surface area contributed by atoms with Crippen molar-refractivity contribution in [2.24, 2.45) is 0 Å². The molecule has 2 rings (SSSR count). The molecule has 0 aliphatic carbocycles. The van der Waals surface area contributed by atoms with Crippen molar-refractivity contribution in [3.05, 3.63) is 29.8 Å². The molecule has 1 heterocycles. The van der Waals surface area contributed by atoms with Gasteiger partial charge in [-0.3, -0.25) is 4.90 Å². The molecular weight excluding hydrogens is 227 g/mol. The van der Waals surface area contributed by atoms with E-state index in [2.05, 4.69) is 47.9 Å². The van der Waals surface area contributed by atoms with E-state index >= 15 is 0 Å². The molecule has 0 bridgehead atoms. The quantitative estimate of drug-likeness (QED) is 0.810. The molecule has 2 nitrogen and oxygen atoms in total. The molecule has 18 heavy (non-hydrogen) atoms. The molecule has 0 radical (unpaired) electrons. The molecule has 0 N–H and O–H groups in total. The Morgan fingerprint density at radius 2 is 1.94 bits per heavy atom. The van der Waals surface area contributed by atoms with Crippen LogP contribution >= 0.6 is 0 Å². The first-order valence-corrected chi connectivity index (χ1v) is 6.88. The number of benzene rings is 1. The largest absolute Gasteiger partial charge is 0.369 e. The number of hydrogen-bond donors (Lipinski definition) is 0. The fourth-order valence-corrected chi connectivity index (χ4v) is 2.61. The van der Waals surface area contributed by atoms with Crippen molar-refractivity contribution in [1.82, 2.24) is 4.90 Å². The molecule has 0 aromatic heterocycles. The van der Waals surface area contributed by atoms with Crippen molar-refractivity contribution >= 4 is 5.69 Å². The first-order valence-electron chi connectivity index (χ1n) is 6.88. The minimum absolute atomic E-state index is 0.241. The summed E-state index contributed by atoms with van der Waals surface area (Å²) < 4.78 is 12.4. The lowest BCUT2D eigenvalue weighted by Gasteiger charge is -2.40.